The maximum Gasteiger partial charge on any atom is 0.421 e. The van der Waals surface area contributed by atoms with Crippen molar-refractivity contribution >= 4 is 17.9 Å². The Morgan fingerprint density at radius 3 is 2.00 bits per heavy atom. The summed E-state index contributed by atoms with van der Waals surface area (Å²) in [5.74, 6) is -1.41. The van der Waals surface area contributed by atoms with Crippen molar-refractivity contribution in [2.24, 2.45) is 0 Å². The van der Waals surface area contributed by atoms with Gasteiger partial charge in [0.2, 0.25) is 0 Å². The highest BCUT2D eigenvalue weighted by atomic mass is 16.4. The van der Waals surface area contributed by atoms with E-state index in [1.165, 1.54) is 38.5 Å². The van der Waals surface area contributed by atoms with Gasteiger partial charge >= 0.3 is 6.09 Å². The Morgan fingerprint density at radius 1 is 1.00 bits per heavy atom. The Bertz CT molecular complexity index is 415. The normalized spacial score (nSPS) is 14.7. The Labute approximate surface area is 126 Å². The minimum absolute atomic E-state index is 0.281. The molecular formula is C16H25NO4. The van der Waals surface area contributed by atoms with Gasteiger partial charge in [0, 0.05) is 11.6 Å². The van der Waals surface area contributed by atoms with Gasteiger partial charge in [-0.15, -0.1) is 0 Å². The molecule has 3 amide bonds. The van der Waals surface area contributed by atoms with Crippen LogP contribution in [0.3, 0.4) is 0 Å². The van der Waals surface area contributed by atoms with Crippen LogP contribution in [-0.2, 0) is 9.59 Å². The summed E-state index contributed by atoms with van der Waals surface area (Å²) in [5, 5.41) is 8.75. The van der Waals surface area contributed by atoms with Gasteiger partial charge in [0.15, 0.2) is 0 Å². The van der Waals surface area contributed by atoms with Crippen molar-refractivity contribution in [2.75, 3.05) is 0 Å². The Balaban J connectivity index is 2.11. The smallest absolute Gasteiger partial charge is 0.421 e. The highest BCUT2D eigenvalue weighted by molar-refractivity contribution is 6.23. The van der Waals surface area contributed by atoms with E-state index in [4.69, 9.17) is 5.11 Å². The standard InChI is InChI=1S/C16H25NO4/c1-2-3-4-5-6-7-8-9-10-11-13-12-14(18)17(15(13)19)16(20)21/h12H,2-11H2,1H3,(H,20,21). The molecule has 0 bridgehead atoms. The average Bonchev–Trinajstić information content (AvgIpc) is 2.71. The van der Waals surface area contributed by atoms with Gasteiger partial charge in [-0.25, -0.2) is 4.79 Å². The van der Waals surface area contributed by atoms with Crippen LogP contribution in [0.1, 0.15) is 71.1 Å². The molecule has 0 aromatic heterocycles. The van der Waals surface area contributed by atoms with Gasteiger partial charge in [-0.1, -0.05) is 58.3 Å². The lowest BCUT2D eigenvalue weighted by molar-refractivity contribution is -0.134. The predicted octanol–water partition coefficient (Wildman–Crippen LogP) is 3.88. The van der Waals surface area contributed by atoms with Gasteiger partial charge in [0.25, 0.3) is 11.8 Å². The van der Waals surface area contributed by atoms with Crippen LogP contribution in [0.2, 0.25) is 0 Å². The molecule has 118 valence electrons. The van der Waals surface area contributed by atoms with Crippen molar-refractivity contribution in [3.8, 4) is 0 Å². The fourth-order valence-corrected chi connectivity index (χ4v) is 2.51. The number of imide groups is 3. The lowest BCUT2D eigenvalue weighted by Gasteiger charge is -2.07. The van der Waals surface area contributed by atoms with Crippen molar-refractivity contribution in [1.82, 2.24) is 4.90 Å². The Kier molecular flexibility index (Phi) is 7.72. The molecular weight excluding hydrogens is 270 g/mol. The molecule has 1 N–H and O–H groups in total. The number of nitrogens with zero attached hydrogens (tertiary/aromatic N) is 1. The van der Waals surface area contributed by atoms with Gasteiger partial charge in [-0.2, -0.15) is 4.90 Å². The third-order valence-corrected chi connectivity index (χ3v) is 3.74. The summed E-state index contributed by atoms with van der Waals surface area (Å²) in [4.78, 5) is 34.0. The van der Waals surface area contributed by atoms with Crippen molar-refractivity contribution in [2.45, 2.75) is 71.1 Å². The molecule has 5 nitrogen and oxygen atoms in total. The Hall–Kier alpha value is -1.65. The lowest BCUT2D eigenvalue weighted by Crippen LogP contribution is -2.35. The van der Waals surface area contributed by atoms with Crippen LogP contribution >= 0.6 is 0 Å². The summed E-state index contributed by atoms with van der Waals surface area (Å²) in [6.45, 7) is 2.20. The van der Waals surface area contributed by atoms with Crippen LogP contribution in [0, 0.1) is 0 Å². The molecule has 0 saturated heterocycles. The third kappa shape index (κ3) is 5.69. The number of carboxylic acid groups (broad SMARTS) is 1. The second-order valence-corrected chi connectivity index (χ2v) is 5.51. The monoisotopic (exact) mass is 295 g/mol. The van der Waals surface area contributed by atoms with E-state index in [1.54, 1.807) is 0 Å². The fourth-order valence-electron chi connectivity index (χ4n) is 2.51. The first-order valence-corrected chi connectivity index (χ1v) is 7.89. The summed E-state index contributed by atoms with van der Waals surface area (Å²) in [5.41, 5.74) is 0.324. The zero-order valence-electron chi connectivity index (χ0n) is 12.8. The zero-order valence-corrected chi connectivity index (χ0v) is 12.8. The third-order valence-electron chi connectivity index (χ3n) is 3.74. The topological polar surface area (TPSA) is 74.7 Å². The zero-order chi connectivity index (χ0) is 15.7. The van der Waals surface area contributed by atoms with Crippen LogP contribution in [-0.4, -0.2) is 27.9 Å². The predicted molar refractivity (Wildman–Crippen MR) is 79.8 cm³/mol. The molecule has 0 fully saturated rings. The molecule has 1 rings (SSSR count). The molecule has 1 aliphatic heterocycles. The van der Waals surface area contributed by atoms with E-state index in [0.717, 1.165) is 25.3 Å². The SMILES string of the molecule is CCCCCCCCCCCC1=CC(=O)N(C(=O)O)C1=O. The van der Waals surface area contributed by atoms with Crippen molar-refractivity contribution < 1.29 is 19.5 Å². The number of unbranched alkanes of at least 4 members (excludes halogenated alkanes) is 8. The van der Waals surface area contributed by atoms with E-state index in [0.29, 0.717) is 12.0 Å². The maximum absolute atomic E-state index is 11.7. The number of carbonyl (C=O) groups is 3. The van der Waals surface area contributed by atoms with Gasteiger partial charge < -0.3 is 5.11 Å². The minimum Gasteiger partial charge on any atom is -0.464 e. The summed E-state index contributed by atoms with van der Waals surface area (Å²) in [6, 6.07) is 0. The van der Waals surface area contributed by atoms with Crippen LogP contribution < -0.4 is 0 Å². The first kappa shape index (κ1) is 17.4. The van der Waals surface area contributed by atoms with E-state index >= 15 is 0 Å². The number of rotatable bonds is 10. The van der Waals surface area contributed by atoms with Crippen LogP contribution in [0.25, 0.3) is 0 Å². The molecule has 0 unspecified atom stereocenters. The van der Waals surface area contributed by atoms with E-state index in [2.05, 4.69) is 6.92 Å². The number of amides is 3. The molecule has 1 aliphatic rings. The fraction of sp³-hybridized carbons (Fsp3) is 0.688. The quantitative estimate of drug-likeness (QED) is 0.490. The maximum atomic E-state index is 11.7. The highest BCUT2D eigenvalue weighted by Gasteiger charge is 2.35. The number of hydrogen-bond donors (Lipinski definition) is 1. The van der Waals surface area contributed by atoms with Gasteiger partial charge in [0.05, 0.1) is 0 Å². The lowest BCUT2D eigenvalue weighted by atomic mass is 10.0. The molecule has 0 atom stereocenters. The first-order valence-electron chi connectivity index (χ1n) is 7.89. The first-order chi connectivity index (χ1) is 10.1. The van der Waals surface area contributed by atoms with Gasteiger partial charge in [-0.3, -0.25) is 9.59 Å². The van der Waals surface area contributed by atoms with E-state index in [1.807, 2.05) is 0 Å². The number of hydrogen-bond acceptors (Lipinski definition) is 3. The molecule has 1 heterocycles. The second kappa shape index (κ2) is 9.32. The molecule has 0 saturated carbocycles. The van der Waals surface area contributed by atoms with Crippen LogP contribution in [0.4, 0.5) is 4.79 Å². The molecule has 0 aliphatic carbocycles. The van der Waals surface area contributed by atoms with E-state index in [9.17, 15) is 14.4 Å². The summed E-state index contributed by atoms with van der Waals surface area (Å²) >= 11 is 0. The molecule has 5 heteroatoms. The van der Waals surface area contributed by atoms with Crippen molar-refractivity contribution in [3.63, 3.8) is 0 Å². The van der Waals surface area contributed by atoms with E-state index < -0.39 is 17.9 Å². The van der Waals surface area contributed by atoms with Crippen molar-refractivity contribution in [3.05, 3.63) is 11.6 Å². The molecule has 21 heavy (non-hydrogen) atoms. The Morgan fingerprint density at radius 2 is 1.52 bits per heavy atom. The van der Waals surface area contributed by atoms with E-state index in [-0.39, 0.29) is 4.90 Å². The van der Waals surface area contributed by atoms with Gasteiger partial charge in [-0.05, 0) is 12.8 Å². The summed E-state index contributed by atoms with van der Waals surface area (Å²) in [7, 11) is 0. The largest absolute Gasteiger partial charge is 0.464 e. The van der Waals surface area contributed by atoms with Crippen LogP contribution in [0.5, 0.6) is 0 Å². The molecule has 0 aromatic carbocycles. The minimum atomic E-state index is -1.50. The molecule has 0 aromatic rings. The average molecular weight is 295 g/mol. The molecule has 0 radical (unpaired) electrons. The molecule has 0 spiro atoms. The number of carbonyl (C=O) groups excluding carboxylic acids is 2. The second-order valence-electron chi connectivity index (χ2n) is 5.51. The highest BCUT2D eigenvalue weighted by Crippen LogP contribution is 2.19. The van der Waals surface area contributed by atoms with Crippen molar-refractivity contribution in [1.29, 1.82) is 0 Å². The van der Waals surface area contributed by atoms with Gasteiger partial charge in [0.1, 0.15) is 0 Å². The summed E-state index contributed by atoms with van der Waals surface area (Å²) < 4.78 is 0. The van der Waals surface area contributed by atoms with Crippen LogP contribution in [0.15, 0.2) is 11.6 Å². The summed E-state index contributed by atoms with van der Waals surface area (Å²) in [6.07, 6.45) is 10.7.